The molecule has 1 aromatic heterocycles. The Kier molecular flexibility index (Phi) is 4.10. The fraction of sp³-hybridized carbons (Fsp3) is 0.250. The van der Waals surface area contributed by atoms with Crippen molar-refractivity contribution >= 4 is 0 Å². The summed E-state index contributed by atoms with van der Waals surface area (Å²) < 4.78 is 52.6. The van der Waals surface area contributed by atoms with Gasteiger partial charge < -0.3 is 14.2 Å². The Balaban J connectivity index is 2.30. The van der Waals surface area contributed by atoms with E-state index in [1.807, 2.05) is 0 Å². The molecule has 0 atom stereocenters. The van der Waals surface area contributed by atoms with E-state index in [1.54, 1.807) is 0 Å². The summed E-state index contributed by atoms with van der Waals surface area (Å²) in [5.41, 5.74) is -0.840. The van der Waals surface area contributed by atoms with Crippen molar-refractivity contribution in [2.45, 2.75) is 6.18 Å². The normalized spacial score (nSPS) is 11.1. The maximum Gasteiger partial charge on any atom is 0.416 e. The average Bonchev–Trinajstić information content (AvgIpc) is 2.46. The van der Waals surface area contributed by atoms with Gasteiger partial charge in [-0.3, -0.25) is 0 Å². The molecule has 0 fully saturated rings. The molecular formula is C12H10F3N3O3. The molecule has 0 aliphatic carbocycles. The summed E-state index contributed by atoms with van der Waals surface area (Å²) in [7, 11) is 2.64. The molecule has 6 nitrogen and oxygen atoms in total. The quantitative estimate of drug-likeness (QED) is 0.865. The van der Waals surface area contributed by atoms with E-state index in [9.17, 15) is 13.2 Å². The molecule has 0 bridgehead atoms. The number of nitrogens with zero attached hydrogens (tertiary/aromatic N) is 3. The van der Waals surface area contributed by atoms with Gasteiger partial charge in [0.2, 0.25) is 0 Å². The highest BCUT2D eigenvalue weighted by molar-refractivity contribution is 5.32. The molecule has 0 spiro atoms. The van der Waals surface area contributed by atoms with E-state index in [4.69, 9.17) is 14.2 Å². The first-order chi connectivity index (χ1) is 9.92. The molecule has 0 amide bonds. The lowest BCUT2D eigenvalue weighted by atomic mass is 10.2. The summed E-state index contributed by atoms with van der Waals surface area (Å²) in [4.78, 5) is 11.3. The second kappa shape index (κ2) is 5.81. The highest BCUT2D eigenvalue weighted by Crippen LogP contribution is 2.32. The van der Waals surface area contributed by atoms with Crippen LogP contribution in [0, 0.1) is 0 Å². The summed E-state index contributed by atoms with van der Waals surface area (Å²) in [5.74, 6) is -0.0693. The fourth-order valence-electron chi connectivity index (χ4n) is 1.39. The van der Waals surface area contributed by atoms with Gasteiger partial charge in [0, 0.05) is 0 Å². The molecule has 112 valence electrons. The van der Waals surface area contributed by atoms with Gasteiger partial charge in [-0.05, 0) is 18.2 Å². The lowest BCUT2D eigenvalue weighted by molar-refractivity contribution is -0.137. The minimum atomic E-state index is -4.46. The number of benzene rings is 1. The first-order valence-electron chi connectivity index (χ1n) is 5.61. The average molecular weight is 301 g/mol. The van der Waals surface area contributed by atoms with Gasteiger partial charge in [0.15, 0.2) is 0 Å². The number of rotatable bonds is 4. The Morgan fingerprint density at radius 1 is 0.905 bits per heavy atom. The zero-order chi connectivity index (χ0) is 15.5. The van der Waals surface area contributed by atoms with Gasteiger partial charge in [0.1, 0.15) is 5.75 Å². The highest BCUT2D eigenvalue weighted by atomic mass is 19.4. The monoisotopic (exact) mass is 301 g/mol. The number of halogens is 3. The third kappa shape index (κ3) is 3.71. The Labute approximate surface area is 117 Å². The molecule has 21 heavy (non-hydrogen) atoms. The third-order valence-electron chi connectivity index (χ3n) is 2.31. The van der Waals surface area contributed by atoms with Crippen LogP contribution >= 0.6 is 0 Å². The van der Waals surface area contributed by atoms with E-state index in [0.29, 0.717) is 0 Å². The third-order valence-corrected chi connectivity index (χ3v) is 2.31. The molecule has 0 aliphatic heterocycles. The van der Waals surface area contributed by atoms with Crippen LogP contribution in [0.3, 0.4) is 0 Å². The molecule has 9 heteroatoms. The number of hydrogen-bond acceptors (Lipinski definition) is 6. The van der Waals surface area contributed by atoms with Crippen molar-refractivity contribution in [1.82, 2.24) is 15.0 Å². The van der Waals surface area contributed by atoms with Gasteiger partial charge in [-0.15, -0.1) is 15.0 Å². The number of hydrogen-bond donors (Lipinski definition) is 0. The van der Waals surface area contributed by atoms with Gasteiger partial charge in [-0.2, -0.15) is 13.2 Å². The fourth-order valence-corrected chi connectivity index (χ4v) is 1.39. The SMILES string of the molecule is COc1nc(OC)nc(Oc2cccc(C(F)(F)F)c2)n1. The largest absolute Gasteiger partial charge is 0.467 e. The van der Waals surface area contributed by atoms with Gasteiger partial charge in [0.25, 0.3) is 0 Å². The van der Waals surface area contributed by atoms with E-state index < -0.39 is 11.7 Å². The number of ether oxygens (including phenoxy) is 3. The molecule has 0 saturated carbocycles. The predicted octanol–water partition coefficient (Wildman–Crippen LogP) is 2.70. The van der Waals surface area contributed by atoms with Crippen molar-refractivity contribution in [2.24, 2.45) is 0 Å². The van der Waals surface area contributed by atoms with Crippen molar-refractivity contribution in [3.05, 3.63) is 29.8 Å². The summed E-state index contributed by atoms with van der Waals surface area (Å²) >= 11 is 0. The molecule has 0 aliphatic rings. The molecule has 0 unspecified atom stereocenters. The van der Waals surface area contributed by atoms with Crippen molar-refractivity contribution in [1.29, 1.82) is 0 Å². The zero-order valence-corrected chi connectivity index (χ0v) is 11.0. The summed E-state index contributed by atoms with van der Waals surface area (Å²) in [6.07, 6.45) is -4.46. The van der Waals surface area contributed by atoms with Gasteiger partial charge in [-0.25, -0.2) is 0 Å². The smallest absolute Gasteiger partial charge is 0.416 e. The number of aromatic nitrogens is 3. The first-order valence-corrected chi connectivity index (χ1v) is 5.61. The first kappa shape index (κ1) is 14.8. The van der Waals surface area contributed by atoms with Gasteiger partial charge >= 0.3 is 24.2 Å². The van der Waals surface area contributed by atoms with E-state index >= 15 is 0 Å². The summed E-state index contributed by atoms with van der Waals surface area (Å²) in [6, 6.07) is 3.93. The second-order valence-electron chi connectivity index (χ2n) is 3.72. The topological polar surface area (TPSA) is 66.4 Å². The van der Waals surface area contributed by atoms with Crippen LogP contribution in [-0.2, 0) is 6.18 Å². The molecular weight excluding hydrogens is 291 g/mol. The van der Waals surface area contributed by atoms with Crippen LogP contribution < -0.4 is 14.2 Å². The van der Waals surface area contributed by atoms with Crippen molar-refractivity contribution in [2.75, 3.05) is 14.2 Å². The molecule has 0 N–H and O–H groups in total. The minimum absolute atomic E-state index is 0.0693. The van der Waals surface area contributed by atoms with E-state index in [2.05, 4.69) is 15.0 Å². The molecule has 0 saturated heterocycles. The van der Waals surface area contributed by atoms with Crippen LogP contribution in [0.1, 0.15) is 5.56 Å². The minimum Gasteiger partial charge on any atom is -0.467 e. The molecule has 0 radical (unpaired) electrons. The predicted molar refractivity (Wildman–Crippen MR) is 64.4 cm³/mol. The summed E-state index contributed by atoms with van der Waals surface area (Å²) in [5, 5.41) is 0. The van der Waals surface area contributed by atoms with Gasteiger partial charge in [0.05, 0.1) is 19.8 Å². The van der Waals surface area contributed by atoms with E-state index in [0.717, 1.165) is 12.1 Å². The van der Waals surface area contributed by atoms with Crippen molar-refractivity contribution in [3.63, 3.8) is 0 Å². The lowest BCUT2D eigenvalue weighted by Gasteiger charge is -2.09. The Bertz CT molecular complexity index is 612. The Morgan fingerprint density at radius 3 is 2.00 bits per heavy atom. The Morgan fingerprint density at radius 2 is 1.48 bits per heavy atom. The lowest BCUT2D eigenvalue weighted by Crippen LogP contribution is -2.05. The van der Waals surface area contributed by atoms with E-state index in [1.165, 1.54) is 26.4 Å². The van der Waals surface area contributed by atoms with Crippen molar-refractivity contribution < 1.29 is 27.4 Å². The maximum absolute atomic E-state index is 12.6. The maximum atomic E-state index is 12.6. The van der Waals surface area contributed by atoms with Crippen LogP contribution in [0.15, 0.2) is 24.3 Å². The van der Waals surface area contributed by atoms with Gasteiger partial charge in [-0.1, -0.05) is 6.07 Å². The number of alkyl halides is 3. The van der Waals surface area contributed by atoms with Crippen molar-refractivity contribution in [3.8, 4) is 23.8 Å². The van der Waals surface area contributed by atoms with Crippen LogP contribution in [0.2, 0.25) is 0 Å². The van der Waals surface area contributed by atoms with Crippen LogP contribution in [0.4, 0.5) is 13.2 Å². The molecule has 1 aromatic carbocycles. The Hall–Kier alpha value is -2.58. The molecule has 1 heterocycles. The van der Waals surface area contributed by atoms with E-state index in [-0.39, 0.29) is 23.8 Å². The standard InChI is InChI=1S/C12H10F3N3O3/c1-19-9-16-10(20-2)18-11(17-9)21-8-5-3-4-7(6-8)12(13,14)15/h3-6H,1-2H3. The second-order valence-corrected chi connectivity index (χ2v) is 3.72. The highest BCUT2D eigenvalue weighted by Gasteiger charge is 2.30. The molecule has 2 aromatic rings. The number of methoxy groups -OCH3 is 2. The van der Waals surface area contributed by atoms with Crippen LogP contribution in [0.25, 0.3) is 0 Å². The van der Waals surface area contributed by atoms with Crippen LogP contribution in [-0.4, -0.2) is 29.2 Å². The zero-order valence-electron chi connectivity index (χ0n) is 11.0. The summed E-state index contributed by atoms with van der Waals surface area (Å²) in [6.45, 7) is 0. The van der Waals surface area contributed by atoms with Crippen LogP contribution in [0.5, 0.6) is 23.8 Å². The molecule has 2 rings (SSSR count).